The minimum absolute atomic E-state index is 0.00451. The van der Waals surface area contributed by atoms with Crippen LogP contribution in [0.4, 0.5) is 27.6 Å². The number of likely N-dealkylation sites (tertiary alicyclic amines) is 1. The van der Waals surface area contributed by atoms with Gasteiger partial charge in [-0.2, -0.15) is 0 Å². The van der Waals surface area contributed by atoms with Gasteiger partial charge in [0.2, 0.25) is 17.6 Å². The molecule has 3 fully saturated rings. The molecule has 6 atom stereocenters. The van der Waals surface area contributed by atoms with Gasteiger partial charge in [0.05, 0.1) is 18.9 Å². The second-order valence-corrected chi connectivity index (χ2v) is 12.3. The summed E-state index contributed by atoms with van der Waals surface area (Å²) < 4.78 is 77.8. The molecule has 2 aromatic carbocycles. The van der Waals surface area contributed by atoms with Crippen LogP contribution in [0.2, 0.25) is 0 Å². The molecule has 8 nitrogen and oxygen atoms in total. The van der Waals surface area contributed by atoms with Gasteiger partial charge in [0, 0.05) is 18.0 Å². The Hall–Kier alpha value is -3.71. The lowest BCUT2D eigenvalue weighted by atomic mass is 9.56. The molecule has 2 saturated heterocycles. The molecule has 4 aliphatic rings. The minimum Gasteiger partial charge on any atom is -0.504 e. The Kier molecular flexibility index (Phi) is 6.82. The van der Waals surface area contributed by atoms with Crippen molar-refractivity contribution in [2.75, 3.05) is 18.6 Å². The lowest BCUT2D eigenvalue weighted by Gasteiger charge is -2.50. The summed E-state index contributed by atoms with van der Waals surface area (Å²) in [6.07, 6.45) is 0.920. The largest absolute Gasteiger partial charge is 0.504 e. The van der Waals surface area contributed by atoms with Crippen molar-refractivity contribution < 1.29 is 51.0 Å². The number of benzene rings is 2. The van der Waals surface area contributed by atoms with Gasteiger partial charge in [-0.1, -0.05) is 23.8 Å². The van der Waals surface area contributed by atoms with Gasteiger partial charge in [-0.25, -0.2) is 26.9 Å². The van der Waals surface area contributed by atoms with Crippen molar-refractivity contribution in [1.82, 2.24) is 4.90 Å². The molecular formula is C29H21Cl2F5N2O6. The van der Waals surface area contributed by atoms with E-state index in [-0.39, 0.29) is 34.8 Å². The Morgan fingerprint density at radius 1 is 0.932 bits per heavy atom. The number of phenols is 1. The van der Waals surface area contributed by atoms with E-state index in [9.17, 15) is 37.5 Å². The summed E-state index contributed by atoms with van der Waals surface area (Å²) in [4.78, 5) is 50.2. The number of imide groups is 2. The average Bonchev–Trinajstić information content (AvgIpc) is 3.33. The lowest BCUT2D eigenvalue weighted by molar-refractivity contribution is -0.140. The van der Waals surface area contributed by atoms with Crippen LogP contribution in [-0.4, -0.2) is 57.0 Å². The van der Waals surface area contributed by atoms with Crippen LogP contribution >= 0.6 is 23.2 Å². The Morgan fingerprint density at radius 3 is 2.14 bits per heavy atom. The number of carbonyl (C=O) groups is 4. The van der Waals surface area contributed by atoms with Crippen molar-refractivity contribution >= 4 is 52.5 Å². The number of alkyl halides is 2. The van der Waals surface area contributed by atoms with E-state index in [0.29, 0.717) is 0 Å². The summed E-state index contributed by atoms with van der Waals surface area (Å²) in [6, 6.07) is 4.09. The van der Waals surface area contributed by atoms with Gasteiger partial charge >= 0.3 is 0 Å². The zero-order valence-electron chi connectivity index (χ0n) is 22.8. The third-order valence-corrected chi connectivity index (χ3v) is 10.6. The fourth-order valence-corrected chi connectivity index (χ4v) is 8.15. The van der Waals surface area contributed by atoms with Crippen LogP contribution in [0.15, 0.2) is 29.8 Å². The Bertz CT molecular complexity index is 1710. The maximum Gasteiger partial charge on any atom is 0.258 e. The highest BCUT2D eigenvalue weighted by Gasteiger charge is 2.77. The summed E-state index contributed by atoms with van der Waals surface area (Å²) in [6.45, 7) is 1.64. The number of ether oxygens (including phenoxy) is 1. The van der Waals surface area contributed by atoms with Crippen LogP contribution in [0.5, 0.6) is 11.5 Å². The Balaban J connectivity index is 1.63. The predicted octanol–water partition coefficient (Wildman–Crippen LogP) is 4.68. The van der Waals surface area contributed by atoms with E-state index >= 15 is 8.78 Å². The molecule has 1 saturated carbocycles. The van der Waals surface area contributed by atoms with E-state index in [2.05, 4.69) is 0 Å². The fourth-order valence-electron chi connectivity index (χ4n) is 7.23. The zero-order chi connectivity index (χ0) is 32.2. The molecule has 232 valence electrons. The number of halogens is 7. The summed E-state index contributed by atoms with van der Waals surface area (Å²) in [7, 11) is 1.23. The molecule has 44 heavy (non-hydrogen) atoms. The van der Waals surface area contributed by atoms with E-state index in [1.165, 1.54) is 25.3 Å². The van der Waals surface area contributed by atoms with Gasteiger partial charge in [0.25, 0.3) is 11.8 Å². The molecule has 0 unspecified atom stereocenters. The van der Waals surface area contributed by atoms with Crippen molar-refractivity contribution in [3.63, 3.8) is 0 Å². The van der Waals surface area contributed by atoms with E-state index in [1.54, 1.807) is 13.0 Å². The molecule has 4 amide bonds. The number of nitrogens with zero attached hydrogens (tertiary/aromatic N) is 2. The number of anilines is 1. The maximum absolute atomic E-state index is 15.1. The molecule has 2 aliphatic heterocycles. The van der Waals surface area contributed by atoms with Crippen LogP contribution in [0.25, 0.3) is 0 Å². The number of aromatic hydroxyl groups is 1. The van der Waals surface area contributed by atoms with Gasteiger partial charge in [0.1, 0.15) is 5.69 Å². The van der Waals surface area contributed by atoms with Crippen LogP contribution in [0.3, 0.4) is 0 Å². The number of carbonyl (C=O) groups excluding carboxylic acids is 4. The first-order valence-electron chi connectivity index (χ1n) is 13.4. The smallest absolute Gasteiger partial charge is 0.258 e. The zero-order valence-corrected chi connectivity index (χ0v) is 24.3. The fraction of sp³-hybridized carbons (Fsp3) is 0.379. The van der Waals surface area contributed by atoms with E-state index in [0.717, 1.165) is 4.90 Å². The second-order valence-electron chi connectivity index (χ2n) is 11.0. The molecule has 0 radical (unpaired) electrons. The molecule has 15 heteroatoms. The number of fused-ring (bicyclic) bond motifs is 4. The van der Waals surface area contributed by atoms with Gasteiger partial charge in [-0.15, -0.1) is 23.2 Å². The molecule has 2 aromatic rings. The molecule has 6 rings (SSSR count). The number of hydrogen-bond acceptors (Lipinski definition) is 6. The number of rotatable bonds is 4. The number of hydrogen-bond donors (Lipinski definition) is 1. The number of para-hydroxylation sites is 1. The number of phenolic OH excluding ortho intramolecular Hbond substituents is 1. The van der Waals surface area contributed by atoms with Crippen LogP contribution in [0.1, 0.15) is 31.2 Å². The third-order valence-electron chi connectivity index (χ3n) is 9.19. The average molecular weight is 659 g/mol. The first-order valence-corrected chi connectivity index (χ1v) is 14.1. The molecule has 0 spiro atoms. The minimum atomic E-state index is -2.74. The predicted molar refractivity (Wildman–Crippen MR) is 143 cm³/mol. The summed E-state index contributed by atoms with van der Waals surface area (Å²) in [5.74, 6) is -21.9. The molecule has 2 aliphatic carbocycles. The molecule has 0 bridgehead atoms. The van der Waals surface area contributed by atoms with Crippen molar-refractivity contribution in [3.05, 3.63) is 64.5 Å². The SMILES string of the molecule is CCN1C(=O)[C@H]2[C@H](CC=C3[C@H]2C[C@@]2(Cl)C(=O)N(c4c(F)c(F)c(F)c(F)c4F)C(=O)[C@@]2(Cl)[C@H]3c2cccc(OC)c2O)C1=O. The summed E-state index contributed by atoms with van der Waals surface area (Å²) in [5, 5.41) is 11.2. The van der Waals surface area contributed by atoms with E-state index < -0.39 is 104 Å². The topological polar surface area (TPSA) is 104 Å². The molecule has 1 N–H and O–H groups in total. The lowest BCUT2D eigenvalue weighted by Crippen LogP contribution is -2.60. The second kappa shape index (κ2) is 9.90. The molecular weight excluding hydrogens is 638 g/mol. The van der Waals surface area contributed by atoms with Crippen LogP contribution in [0, 0.1) is 46.8 Å². The van der Waals surface area contributed by atoms with Gasteiger partial charge in [0.15, 0.2) is 44.5 Å². The van der Waals surface area contributed by atoms with Crippen molar-refractivity contribution in [2.24, 2.45) is 17.8 Å². The molecule has 0 aromatic heterocycles. The monoisotopic (exact) mass is 658 g/mol. The van der Waals surface area contributed by atoms with E-state index in [4.69, 9.17) is 27.9 Å². The first kappa shape index (κ1) is 30.3. The number of methoxy groups -OCH3 is 1. The summed E-state index contributed by atoms with van der Waals surface area (Å²) in [5.41, 5.74) is -1.79. The first-order chi connectivity index (χ1) is 20.7. The van der Waals surface area contributed by atoms with E-state index in [1.807, 2.05) is 0 Å². The van der Waals surface area contributed by atoms with Crippen molar-refractivity contribution in [1.29, 1.82) is 0 Å². The maximum atomic E-state index is 15.1. The highest BCUT2D eigenvalue weighted by Crippen LogP contribution is 2.67. The van der Waals surface area contributed by atoms with Gasteiger partial charge < -0.3 is 9.84 Å². The highest BCUT2D eigenvalue weighted by atomic mass is 35.5. The highest BCUT2D eigenvalue weighted by molar-refractivity contribution is 6.58. The Labute approximate surface area is 255 Å². The van der Waals surface area contributed by atoms with Crippen molar-refractivity contribution in [3.8, 4) is 11.5 Å². The Morgan fingerprint density at radius 2 is 1.55 bits per heavy atom. The van der Waals surface area contributed by atoms with Crippen molar-refractivity contribution in [2.45, 2.75) is 35.4 Å². The normalized spacial score (nSPS) is 31.2. The third kappa shape index (κ3) is 3.50. The standard InChI is InChI=1S/C29H21Cl2F5N2O6/c1-3-37-24(40)11-8-7-10-13(15(11)25(37)41)9-28(30)26(42)38(22-20(35)18(33)17(32)19(34)21(22)36)27(43)29(28,31)16(10)12-5-4-6-14(44-2)23(12)39/h4-7,11,13,15-16,39H,3,8-9H2,1-2H3/t11-,13+,15-,16+,28+,29-/m0/s1. The van der Waals surface area contributed by atoms with Crippen LogP contribution < -0.4 is 9.64 Å². The van der Waals surface area contributed by atoms with Crippen LogP contribution in [-0.2, 0) is 19.2 Å². The van der Waals surface area contributed by atoms with Gasteiger partial charge in [-0.3, -0.25) is 24.1 Å². The number of amides is 4. The quantitative estimate of drug-likeness (QED) is 0.128. The van der Waals surface area contributed by atoms with Gasteiger partial charge in [-0.05, 0) is 31.7 Å². The summed E-state index contributed by atoms with van der Waals surface area (Å²) >= 11 is 14.0. The molecule has 2 heterocycles. The number of allylic oxidation sites excluding steroid dienone is 2.